The van der Waals surface area contributed by atoms with Gasteiger partial charge in [-0.15, -0.1) is 0 Å². The topological polar surface area (TPSA) is 45.1 Å². The van der Waals surface area contributed by atoms with Crippen molar-refractivity contribution in [2.75, 3.05) is 11.9 Å². The molecule has 2 atom stereocenters. The summed E-state index contributed by atoms with van der Waals surface area (Å²) in [7, 11) is 0. The van der Waals surface area contributed by atoms with Crippen molar-refractivity contribution in [2.24, 2.45) is 5.92 Å². The maximum absolute atomic E-state index is 12.9. The average molecular weight is 238 g/mol. The first-order valence-corrected chi connectivity index (χ1v) is 6.15. The van der Waals surface area contributed by atoms with Gasteiger partial charge in [0, 0.05) is 24.5 Å². The number of nitrogens with zero attached hydrogens (tertiary/aromatic N) is 1. The Kier molecular flexibility index (Phi) is 3.62. The largest absolute Gasteiger partial charge is 0.388 e. The highest BCUT2D eigenvalue weighted by atomic mass is 19.1. The number of rotatable bonds is 3. The molecule has 0 aromatic carbocycles. The lowest BCUT2D eigenvalue weighted by Gasteiger charge is -2.35. The lowest BCUT2D eigenvalue weighted by molar-refractivity contribution is -0.000769. The second-order valence-electron chi connectivity index (χ2n) is 5.15. The highest BCUT2D eigenvalue weighted by Gasteiger charge is 2.32. The first kappa shape index (κ1) is 12.3. The molecule has 0 aliphatic heterocycles. The van der Waals surface area contributed by atoms with E-state index < -0.39 is 11.5 Å². The number of aliphatic hydroxyl groups is 1. The predicted octanol–water partition coefficient (Wildman–Crippen LogP) is 2.57. The molecule has 1 aliphatic rings. The summed E-state index contributed by atoms with van der Waals surface area (Å²) < 4.78 is 12.9. The molecule has 0 spiro atoms. The Bertz CT molecular complexity index is 385. The number of anilines is 1. The molecule has 1 saturated carbocycles. The lowest BCUT2D eigenvalue weighted by Crippen LogP contribution is -2.41. The fraction of sp³-hybridized carbons (Fsp3) is 0.615. The van der Waals surface area contributed by atoms with Gasteiger partial charge in [-0.3, -0.25) is 0 Å². The van der Waals surface area contributed by atoms with Crippen LogP contribution in [0.1, 0.15) is 32.6 Å². The van der Waals surface area contributed by atoms with E-state index in [0.29, 0.717) is 18.2 Å². The molecule has 0 radical (unpaired) electrons. The number of nitrogens with one attached hydrogen (secondary N) is 1. The minimum absolute atomic E-state index is 0.473. The van der Waals surface area contributed by atoms with Crippen molar-refractivity contribution in [3.05, 3.63) is 24.3 Å². The Labute approximate surface area is 101 Å². The maximum Gasteiger partial charge on any atom is 0.214 e. The molecule has 1 aliphatic carbocycles. The van der Waals surface area contributed by atoms with Crippen molar-refractivity contribution in [2.45, 2.75) is 38.2 Å². The molecule has 1 heterocycles. The minimum atomic E-state index is -0.655. The van der Waals surface area contributed by atoms with Gasteiger partial charge in [0.25, 0.3) is 0 Å². The van der Waals surface area contributed by atoms with Crippen molar-refractivity contribution in [3.63, 3.8) is 0 Å². The Hall–Kier alpha value is -1.16. The second-order valence-corrected chi connectivity index (χ2v) is 5.15. The molecule has 2 unspecified atom stereocenters. The second kappa shape index (κ2) is 5.00. The summed E-state index contributed by atoms with van der Waals surface area (Å²) in [4.78, 5) is 3.49. The average Bonchev–Trinajstić information content (AvgIpc) is 2.26. The van der Waals surface area contributed by atoms with Gasteiger partial charge in [-0.25, -0.2) is 4.98 Å². The van der Waals surface area contributed by atoms with Crippen molar-refractivity contribution >= 4 is 5.69 Å². The third kappa shape index (κ3) is 3.40. The first-order valence-electron chi connectivity index (χ1n) is 6.15. The van der Waals surface area contributed by atoms with Crippen LogP contribution in [0.4, 0.5) is 10.1 Å². The molecule has 2 rings (SSSR count). The van der Waals surface area contributed by atoms with Gasteiger partial charge in [0.15, 0.2) is 0 Å². The van der Waals surface area contributed by atoms with Crippen LogP contribution in [-0.4, -0.2) is 22.2 Å². The van der Waals surface area contributed by atoms with Gasteiger partial charge < -0.3 is 10.4 Å². The zero-order valence-corrected chi connectivity index (χ0v) is 10.1. The Morgan fingerprint density at radius 2 is 2.47 bits per heavy atom. The molecule has 0 amide bonds. The number of hydrogen-bond donors (Lipinski definition) is 2. The fourth-order valence-electron chi connectivity index (χ4n) is 2.57. The van der Waals surface area contributed by atoms with E-state index in [4.69, 9.17) is 0 Å². The molecule has 1 aromatic rings. The van der Waals surface area contributed by atoms with Gasteiger partial charge in [0.1, 0.15) is 0 Å². The molecule has 0 bridgehead atoms. The molecular weight excluding hydrogens is 219 g/mol. The van der Waals surface area contributed by atoms with Gasteiger partial charge in [0.05, 0.1) is 5.60 Å². The van der Waals surface area contributed by atoms with Gasteiger partial charge >= 0.3 is 0 Å². The fourth-order valence-corrected chi connectivity index (χ4v) is 2.57. The molecule has 4 heteroatoms. The number of pyridine rings is 1. The van der Waals surface area contributed by atoms with Gasteiger partial charge in [0.2, 0.25) is 5.95 Å². The van der Waals surface area contributed by atoms with E-state index in [1.165, 1.54) is 18.7 Å². The van der Waals surface area contributed by atoms with Crippen molar-refractivity contribution in [1.82, 2.24) is 4.98 Å². The van der Waals surface area contributed by atoms with Crippen LogP contribution in [-0.2, 0) is 0 Å². The molecule has 94 valence electrons. The monoisotopic (exact) mass is 238 g/mol. The summed E-state index contributed by atoms with van der Waals surface area (Å²) in [6.07, 6.45) is 5.30. The zero-order chi connectivity index (χ0) is 12.3. The lowest BCUT2D eigenvalue weighted by atomic mass is 9.79. The highest BCUT2D eigenvalue weighted by Crippen LogP contribution is 2.32. The van der Waals surface area contributed by atoms with E-state index in [1.807, 2.05) is 0 Å². The number of hydrogen-bond acceptors (Lipinski definition) is 3. The summed E-state index contributed by atoms with van der Waals surface area (Å²) in [6, 6.07) is 3.05. The molecule has 0 saturated heterocycles. The predicted molar refractivity (Wildman–Crippen MR) is 65.3 cm³/mol. The van der Waals surface area contributed by atoms with Crippen LogP contribution in [0.15, 0.2) is 18.3 Å². The summed E-state index contributed by atoms with van der Waals surface area (Å²) in [6.45, 7) is 2.64. The zero-order valence-electron chi connectivity index (χ0n) is 10.1. The highest BCUT2D eigenvalue weighted by molar-refractivity contribution is 5.41. The van der Waals surface area contributed by atoms with Crippen molar-refractivity contribution in [3.8, 4) is 0 Å². The first-order chi connectivity index (χ1) is 8.07. The Balaban J connectivity index is 1.93. The SMILES string of the molecule is CC1CCCC(O)(CNc2ccnc(F)c2)C1. The maximum atomic E-state index is 12.9. The third-order valence-electron chi connectivity index (χ3n) is 3.42. The van der Waals surface area contributed by atoms with E-state index in [1.54, 1.807) is 6.07 Å². The molecular formula is C13H19FN2O. The van der Waals surface area contributed by atoms with Crippen LogP contribution in [0.2, 0.25) is 0 Å². The number of halogens is 1. The van der Waals surface area contributed by atoms with E-state index in [0.717, 1.165) is 19.3 Å². The van der Waals surface area contributed by atoms with E-state index in [2.05, 4.69) is 17.2 Å². The summed E-state index contributed by atoms with van der Waals surface area (Å²) in [5.74, 6) is 0.0590. The molecule has 1 aromatic heterocycles. The van der Waals surface area contributed by atoms with Crippen molar-refractivity contribution < 1.29 is 9.50 Å². The normalized spacial score (nSPS) is 29.0. The Morgan fingerprint density at radius 1 is 1.65 bits per heavy atom. The molecule has 3 nitrogen and oxygen atoms in total. The molecule has 17 heavy (non-hydrogen) atoms. The van der Waals surface area contributed by atoms with E-state index in [-0.39, 0.29) is 0 Å². The van der Waals surface area contributed by atoms with Gasteiger partial charge in [-0.05, 0) is 24.8 Å². The molecule has 2 N–H and O–H groups in total. The Morgan fingerprint density at radius 3 is 3.18 bits per heavy atom. The summed E-state index contributed by atoms with van der Waals surface area (Å²) in [5.41, 5.74) is 0.0152. The van der Waals surface area contributed by atoms with Crippen molar-refractivity contribution in [1.29, 1.82) is 0 Å². The summed E-state index contributed by atoms with van der Waals surface area (Å²) >= 11 is 0. The van der Waals surface area contributed by atoms with Crippen LogP contribution in [0.25, 0.3) is 0 Å². The number of aromatic nitrogens is 1. The van der Waals surface area contributed by atoms with Gasteiger partial charge in [-0.1, -0.05) is 19.8 Å². The van der Waals surface area contributed by atoms with Crippen LogP contribution < -0.4 is 5.32 Å². The quantitative estimate of drug-likeness (QED) is 0.795. The van der Waals surface area contributed by atoms with Gasteiger partial charge in [-0.2, -0.15) is 4.39 Å². The minimum Gasteiger partial charge on any atom is -0.388 e. The van der Waals surface area contributed by atoms with Crippen LogP contribution in [0.3, 0.4) is 0 Å². The standard InChI is InChI=1S/C13H19FN2O/c1-10-3-2-5-13(17,8-10)9-16-11-4-6-15-12(14)7-11/h4,6-7,10,17H,2-3,5,8-9H2,1H3,(H,15,16). The smallest absolute Gasteiger partial charge is 0.214 e. The third-order valence-corrected chi connectivity index (χ3v) is 3.42. The summed E-state index contributed by atoms with van der Waals surface area (Å²) in [5, 5.41) is 13.5. The molecule has 1 fully saturated rings. The van der Waals surface area contributed by atoms with E-state index in [9.17, 15) is 9.50 Å². The van der Waals surface area contributed by atoms with Crippen LogP contribution in [0.5, 0.6) is 0 Å². The van der Waals surface area contributed by atoms with Crippen LogP contribution in [0, 0.1) is 11.9 Å². The van der Waals surface area contributed by atoms with Crippen LogP contribution >= 0.6 is 0 Å². The van der Waals surface area contributed by atoms with E-state index >= 15 is 0 Å².